The van der Waals surface area contributed by atoms with E-state index in [1.165, 1.54) is 18.2 Å². The van der Waals surface area contributed by atoms with Crippen LogP contribution in [-0.4, -0.2) is 10.8 Å². The highest BCUT2D eigenvalue weighted by Crippen LogP contribution is 2.19. The summed E-state index contributed by atoms with van der Waals surface area (Å²) in [7, 11) is 0. The van der Waals surface area contributed by atoms with Crippen molar-refractivity contribution in [1.82, 2.24) is 0 Å². The van der Waals surface area contributed by atoms with Crippen molar-refractivity contribution in [1.29, 1.82) is 0 Å². The Balaban J connectivity index is 2.39. The molecule has 2 aromatic rings. The number of non-ortho nitro benzene ring substituents is 1. The molecule has 0 aliphatic rings. The SMILES string of the molecule is NC(=O)c1cc([N+](=O)[O-])ccc1/C=C/c1ccccc1. The number of carbonyl (C=O) groups is 1. The van der Waals surface area contributed by atoms with E-state index in [1.807, 2.05) is 36.4 Å². The highest BCUT2D eigenvalue weighted by Gasteiger charge is 2.12. The summed E-state index contributed by atoms with van der Waals surface area (Å²) in [6.45, 7) is 0. The lowest BCUT2D eigenvalue weighted by Gasteiger charge is -2.02. The zero-order chi connectivity index (χ0) is 14.5. The highest BCUT2D eigenvalue weighted by molar-refractivity contribution is 5.98. The standard InChI is InChI=1S/C15H12N2O3/c16-15(18)14-10-13(17(19)20)9-8-12(14)7-6-11-4-2-1-3-5-11/h1-10H,(H2,16,18)/b7-6+. The van der Waals surface area contributed by atoms with Gasteiger partial charge in [-0.3, -0.25) is 14.9 Å². The monoisotopic (exact) mass is 268 g/mol. The minimum absolute atomic E-state index is 0.131. The van der Waals surface area contributed by atoms with Crippen molar-refractivity contribution >= 4 is 23.7 Å². The molecule has 0 fully saturated rings. The van der Waals surface area contributed by atoms with Gasteiger partial charge in [0.1, 0.15) is 0 Å². The molecule has 2 N–H and O–H groups in total. The summed E-state index contributed by atoms with van der Waals surface area (Å²) < 4.78 is 0. The van der Waals surface area contributed by atoms with Gasteiger partial charge in [-0.15, -0.1) is 0 Å². The maximum Gasteiger partial charge on any atom is 0.270 e. The second-order valence-corrected chi connectivity index (χ2v) is 4.14. The number of carbonyl (C=O) groups excluding carboxylic acids is 1. The Morgan fingerprint density at radius 2 is 1.80 bits per heavy atom. The molecule has 5 nitrogen and oxygen atoms in total. The first kappa shape index (κ1) is 13.5. The first-order chi connectivity index (χ1) is 9.58. The Morgan fingerprint density at radius 1 is 1.10 bits per heavy atom. The van der Waals surface area contributed by atoms with Crippen LogP contribution in [0, 0.1) is 10.1 Å². The first-order valence-corrected chi connectivity index (χ1v) is 5.89. The van der Waals surface area contributed by atoms with Crippen LogP contribution in [0.4, 0.5) is 5.69 Å². The molecule has 0 aromatic heterocycles. The van der Waals surface area contributed by atoms with E-state index in [9.17, 15) is 14.9 Å². The fourth-order valence-electron chi connectivity index (χ4n) is 1.77. The predicted molar refractivity (Wildman–Crippen MR) is 77.0 cm³/mol. The molecule has 100 valence electrons. The van der Waals surface area contributed by atoms with E-state index in [2.05, 4.69) is 0 Å². The normalized spacial score (nSPS) is 10.6. The zero-order valence-electron chi connectivity index (χ0n) is 10.5. The summed E-state index contributed by atoms with van der Waals surface area (Å²) in [5.74, 6) is -0.693. The van der Waals surface area contributed by atoms with Gasteiger partial charge >= 0.3 is 0 Å². The molecular weight excluding hydrogens is 256 g/mol. The largest absolute Gasteiger partial charge is 0.366 e. The maximum atomic E-state index is 11.4. The Hall–Kier alpha value is -2.95. The summed E-state index contributed by atoms with van der Waals surface area (Å²) in [5.41, 5.74) is 6.74. The first-order valence-electron chi connectivity index (χ1n) is 5.89. The minimum Gasteiger partial charge on any atom is -0.366 e. The molecule has 0 saturated carbocycles. The van der Waals surface area contributed by atoms with Gasteiger partial charge < -0.3 is 5.73 Å². The third-order valence-corrected chi connectivity index (χ3v) is 2.77. The number of hydrogen-bond acceptors (Lipinski definition) is 3. The van der Waals surface area contributed by atoms with E-state index in [4.69, 9.17) is 5.73 Å². The lowest BCUT2D eigenvalue weighted by molar-refractivity contribution is -0.384. The Labute approximate surface area is 115 Å². The van der Waals surface area contributed by atoms with Gasteiger partial charge in [-0.05, 0) is 17.2 Å². The molecule has 1 amide bonds. The molecule has 0 unspecified atom stereocenters. The molecule has 0 heterocycles. The van der Waals surface area contributed by atoms with Crippen LogP contribution in [0.5, 0.6) is 0 Å². The smallest absolute Gasteiger partial charge is 0.270 e. The molecule has 0 saturated heterocycles. The predicted octanol–water partition coefficient (Wildman–Crippen LogP) is 2.86. The van der Waals surface area contributed by atoms with Gasteiger partial charge in [0.05, 0.1) is 10.5 Å². The molecule has 0 atom stereocenters. The quantitative estimate of drug-likeness (QED) is 0.525. The molecule has 0 aliphatic carbocycles. The number of rotatable bonds is 4. The summed E-state index contributed by atoms with van der Waals surface area (Å²) >= 11 is 0. The van der Waals surface area contributed by atoms with Crippen molar-refractivity contribution in [3.63, 3.8) is 0 Å². The third kappa shape index (κ3) is 3.08. The summed E-state index contributed by atoms with van der Waals surface area (Å²) in [6.07, 6.45) is 3.52. The van der Waals surface area contributed by atoms with Crippen LogP contribution in [-0.2, 0) is 0 Å². The van der Waals surface area contributed by atoms with Gasteiger partial charge in [-0.2, -0.15) is 0 Å². The van der Waals surface area contributed by atoms with E-state index >= 15 is 0 Å². The molecule has 2 aromatic carbocycles. The van der Waals surface area contributed by atoms with Crippen LogP contribution in [0.3, 0.4) is 0 Å². The summed E-state index contributed by atoms with van der Waals surface area (Å²) in [6, 6.07) is 13.5. The lowest BCUT2D eigenvalue weighted by Crippen LogP contribution is -2.12. The van der Waals surface area contributed by atoms with Gasteiger partial charge in [-0.1, -0.05) is 42.5 Å². The zero-order valence-corrected chi connectivity index (χ0v) is 10.5. The number of amides is 1. The molecule has 0 bridgehead atoms. The van der Waals surface area contributed by atoms with Crippen molar-refractivity contribution in [2.45, 2.75) is 0 Å². The molecule has 20 heavy (non-hydrogen) atoms. The van der Waals surface area contributed by atoms with Crippen LogP contribution in [0.1, 0.15) is 21.5 Å². The fraction of sp³-hybridized carbons (Fsp3) is 0. The summed E-state index contributed by atoms with van der Waals surface area (Å²) in [5, 5.41) is 10.7. The molecular formula is C15H12N2O3. The van der Waals surface area contributed by atoms with Gasteiger partial charge in [0.15, 0.2) is 0 Å². The second-order valence-electron chi connectivity index (χ2n) is 4.14. The van der Waals surface area contributed by atoms with E-state index < -0.39 is 10.8 Å². The number of nitrogens with two attached hydrogens (primary N) is 1. The van der Waals surface area contributed by atoms with Crippen molar-refractivity contribution in [2.24, 2.45) is 5.73 Å². The average Bonchev–Trinajstić information content (AvgIpc) is 2.45. The van der Waals surface area contributed by atoms with Crippen molar-refractivity contribution in [3.8, 4) is 0 Å². The Bertz CT molecular complexity index is 679. The second kappa shape index (κ2) is 5.79. The molecule has 0 radical (unpaired) electrons. The molecule has 0 aliphatic heterocycles. The average molecular weight is 268 g/mol. The van der Waals surface area contributed by atoms with E-state index in [1.54, 1.807) is 6.08 Å². The molecule has 2 rings (SSSR count). The number of primary amides is 1. The maximum absolute atomic E-state index is 11.4. The van der Waals surface area contributed by atoms with Gasteiger partial charge in [0.2, 0.25) is 5.91 Å². The number of hydrogen-bond donors (Lipinski definition) is 1. The lowest BCUT2D eigenvalue weighted by atomic mass is 10.0. The van der Waals surface area contributed by atoms with Crippen LogP contribution >= 0.6 is 0 Å². The minimum atomic E-state index is -0.693. The number of benzene rings is 2. The van der Waals surface area contributed by atoms with E-state index in [-0.39, 0.29) is 11.3 Å². The van der Waals surface area contributed by atoms with Crippen molar-refractivity contribution in [3.05, 3.63) is 75.3 Å². The van der Waals surface area contributed by atoms with E-state index in [0.717, 1.165) is 5.56 Å². The van der Waals surface area contributed by atoms with E-state index in [0.29, 0.717) is 5.56 Å². The van der Waals surface area contributed by atoms with Crippen molar-refractivity contribution < 1.29 is 9.72 Å². The molecule has 5 heteroatoms. The Kier molecular flexibility index (Phi) is 3.91. The highest BCUT2D eigenvalue weighted by atomic mass is 16.6. The van der Waals surface area contributed by atoms with Crippen LogP contribution < -0.4 is 5.73 Å². The molecule has 0 spiro atoms. The van der Waals surface area contributed by atoms with Crippen LogP contribution in [0.2, 0.25) is 0 Å². The Morgan fingerprint density at radius 3 is 2.40 bits per heavy atom. The van der Waals surface area contributed by atoms with Crippen molar-refractivity contribution in [2.75, 3.05) is 0 Å². The summed E-state index contributed by atoms with van der Waals surface area (Å²) in [4.78, 5) is 21.5. The van der Waals surface area contributed by atoms with Gasteiger partial charge in [0.25, 0.3) is 5.69 Å². The fourth-order valence-corrected chi connectivity index (χ4v) is 1.77. The van der Waals surface area contributed by atoms with Gasteiger partial charge in [0, 0.05) is 12.1 Å². The topological polar surface area (TPSA) is 86.2 Å². The van der Waals surface area contributed by atoms with Crippen LogP contribution in [0.25, 0.3) is 12.2 Å². The number of nitro benzene ring substituents is 1. The van der Waals surface area contributed by atoms with Gasteiger partial charge in [-0.25, -0.2) is 0 Å². The number of nitrogens with zero attached hydrogens (tertiary/aromatic N) is 1. The third-order valence-electron chi connectivity index (χ3n) is 2.77. The number of nitro groups is 1. The van der Waals surface area contributed by atoms with Crippen LogP contribution in [0.15, 0.2) is 48.5 Å².